The van der Waals surface area contributed by atoms with E-state index in [4.69, 9.17) is 5.73 Å². The first-order valence-electron chi connectivity index (χ1n) is 8.65. The third-order valence-corrected chi connectivity index (χ3v) is 4.49. The van der Waals surface area contributed by atoms with Gasteiger partial charge in [0.15, 0.2) is 0 Å². The first-order valence-corrected chi connectivity index (χ1v) is 8.65. The first kappa shape index (κ1) is 20.0. The number of benzene rings is 1. The Morgan fingerprint density at radius 1 is 0.826 bits per heavy atom. The molecule has 1 nitrogen and oxygen atoms in total. The lowest BCUT2D eigenvalue weighted by molar-refractivity contribution is -0.135. The molecule has 132 valence electrons. The largest absolute Gasteiger partial charge is 0.389 e. The number of hydrogen-bond donors (Lipinski definition) is 1. The Morgan fingerprint density at radius 2 is 1.35 bits per heavy atom. The van der Waals surface area contributed by atoms with Crippen LogP contribution in [0.4, 0.5) is 13.2 Å². The summed E-state index contributed by atoms with van der Waals surface area (Å²) in [7, 11) is 0. The fourth-order valence-corrected chi connectivity index (χ4v) is 2.49. The van der Waals surface area contributed by atoms with Crippen LogP contribution in [0.1, 0.15) is 69.9 Å². The second-order valence-corrected chi connectivity index (χ2v) is 6.85. The number of unbranched alkanes of at least 4 members (excludes halogenated alkanes) is 3. The summed E-state index contributed by atoms with van der Waals surface area (Å²) in [5, 5.41) is 0. The highest BCUT2D eigenvalue weighted by Crippen LogP contribution is 2.23. The standard InChI is InChI=1S/C19H30F3N/c1-3-18(2,23)15-13-17-11-9-16(10-12-17)8-6-4-5-7-14-19(20,21)22/h9-12H,3-8,13-15,23H2,1-2H3/t18-/m0/s1. The van der Waals surface area contributed by atoms with E-state index in [-0.39, 0.29) is 12.0 Å². The SMILES string of the molecule is CC[C@](C)(N)CCc1ccc(CCCCCCC(F)(F)F)cc1. The van der Waals surface area contributed by atoms with Gasteiger partial charge in [0.25, 0.3) is 0 Å². The maximum Gasteiger partial charge on any atom is 0.389 e. The molecule has 4 heteroatoms. The van der Waals surface area contributed by atoms with Crippen LogP contribution in [-0.2, 0) is 12.8 Å². The van der Waals surface area contributed by atoms with E-state index in [0.717, 1.165) is 38.5 Å². The highest BCUT2D eigenvalue weighted by Gasteiger charge is 2.25. The van der Waals surface area contributed by atoms with Crippen molar-refractivity contribution in [2.24, 2.45) is 5.73 Å². The summed E-state index contributed by atoms with van der Waals surface area (Å²) in [6, 6.07) is 8.55. The van der Waals surface area contributed by atoms with Gasteiger partial charge >= 0.3 is 6.18 Å². The minimum Gasteiger partial charge on any atom is -0.325 e. The van der Waals surface area contributed by atoms with Crippen molar-refractivity contribution in [3.05, 3.63) is 35.4 Å². The molecule has 0 bridgehead atoms. The van der Waals surface area contributed by atoms with Crippen molar-refractivity contribution in [3.63, 3.8) is 0 Å². The van der Waals surface area contributed by atoms with Crippen LogP contribution in [0.5, 0.6) is 0 Å². The summed E-state index contributed by atoms with van der Waals surface area (Å²) in [5.41, 5.74) is 8.61. The monoisotopic (exact) mass is 329 g/mol. The van der Waals surface area contributed by atoms with Gasteiger partial charge in [-0.05, 0) is 56.6 Å². The summed E-state index contributed by atoms with van der Waals surface area (Å²) >= 11 is 0. The number of halogens is 3. The number of rotatable bonds is 10. The lowest BCUT2D eigenvalue weighted by Gasteiger charge is -2.22. The third kappa shape index (κ3) is 9.65. The van der Waals surface area contributed by atoms with Gasteiger partial charge in [0.05, 0.1) is 0 Å². The van der Waals surface area contributed by atoms with Crippen LogP contribution in [0.15, 0.2) is 24.3 Å². The zero-order valence-corrected chi connectivity index (χ0v) is 14.4. The van der Waals surface area contributed by atoms with Crippen molar-refractivity contribution in [2.45, 2.75) is 83.4 Å². The van der Waals surface area contributed by atoms with E-state index in [0.29, 0.717) is 6.42 Å². The van der Waals surface area contributed by atoms with E-state index in [1.54, 1.807) is 0 Å². The molecule has 1 aromatic rings. The van der Waals surface area contributed by atoms with Crippen LogP contribution in [0.3, 0.4) is 0 Å². The van der Waals surface area contributed by atoms with E-state index in [1.165, 1.54) is 11.1 Å². The van der Waals surface area contributed by atoms with Gasteiger partial charge in [-0.2, -0.15) is 13.2 Å². The highest BCUT2D eigenvalue weighted by atomic mass is 19.4. The molecule has 0 unspecified atom stereocenters. The second kappa shape index (κ2) is 9.31. The lowest BCUT2D eigenvalue weighted by atomic mass is 9.91. The van der Waals surface area contributed by atoms with Crippen molar-refractivity contribution >= 4 is 0 Å². The molecule has 0 aromatic heterocycles. The minimum absolute atomic E-state index is 0.102. The molecule has 0 radical (unpaired) electrons. The zero-order chi connectivity index (χ0) is 17.3. The van der Waals surface area contributed by atoms with Crippen LogP contribution in [0.25, 0.3) is 0 Å². The number of alkyl halides is 3. The Hall–Kier alpha value is -1.03. The molecule has 1 aromatic carbocycles. The van der Waals surface area contributed by atoms with Gasteiger partial charge in [0.1, 0.15) is 0 Å². The molecule has 23 heavy (non-hydrogen) atoms. The van der Waals surface area contributed by atoms with Gasteiger partial charge in [-0.1, -0.05) is 44.0 Å². The van der Waals surface area contributed by atoms with Crippen molar-refractivity contribution < 1.29 is 13.2 Å². The van der Waals surface area contributed by atoms with E-state index in [9.17, 15) is 13.2 Å². The van der Waals surface area contributed by atoms with Gasteiger partial charge in [-0.25, -0.2) is 0 Å². The predicted octanol–water partition coefficient (Wildman–Crippen LogP) is 5.80. The molecule has 0 aliphatic carbocycles. The number of aryl methyl sites for hydroxylation is 2. The molecular weight excluding hydrogens is 299 g/mol. The predicted molar refractivity (Wildman–Crippen MR) is 90.5 cm³/mol. The molecule has 0 aliphatic rings. The molecule has 2 N–H and O–H groups in total. The van der Waals surface area contributed by atoms with Gasteiger partial charge in [-0.15, -0.1) is 0 Å². The number of hydrogen-bond acceptors (Lipinski definition) is 1. The molecule has 0 amide bonds. The summed E-state index contributed by atoms with van der Waals surface area (Å²) in [6.45, 7) is 4.19. The molecule has 0 fully saturated rings. The zero-order valence-electron chi connectivity index (χ0n) is 14.4. The maximum atomic E-state index is 12.0. The summed E-state index contributed by atoms with van der Waals surface area (Å²) in [4.78, 5) is 0. The lowest BCUT2D eigenvalue weighted by Crippen LogP contribution is -2.35. The van der Waals surface area contributed by atoms with Crippen LogP contribution in [0.2, 0.25) is 0 Å². The Kier molecular flexibility index (Phi) is 8.10. The topological polar surface area (TPSA) is 26.0 Å². The van der Waals surface area contributed by atoms with Crippen LogP contribution >= 0.6 is 0 Å². The van der Waals surface area contributed by atoms with Crippen LogP contribution in [-0.4, -0.2) is 11.7 Å². The Morgan fingerprint density at radius 3 is 1.87 bits per heavy atom. The normalized spacial score (nSPS) is 14.7. The molecule has 1 rings (SSSR count). The third-order valence-electron chi connectivity index (χ3n) is 4.49. The smallest absolute Gasteiger partial charge is 0.325 e. The summed E-state index contributed by atoms with van der Waals surface area (Å²) in [6.07, 6.45) is 1.93. The Balaban J connectivity index is 2.21. The van der Waals surface area contributed by atoms with Crippen molar-refractivity contribution in [3.8, 4) is 0 Å². The second-order valence-electron chi connectivity index (χ2n) is 6.85. The average molecular weight is 329 g/mol. The van der Waals surface area contributed by atoms with Gasteiger partial charge < -0.3 is 5.73 Å². The minimum atomic E-state index is -4.01. The van der Waals surface area contributed by atoms with Gasteiger partial charge in [0, 0.05) is 12.0 Å². The molecule has 0 aliphatic heterocycles. The van der Waals surface area contributed by atoms with Crippen LogP contribution < -0.4 is 5.73 Å². The Labute approximate surface area is 138 Å². The molecule has 0 spiro atoms. The summed E-state index contributed by atoms with van der Waals surface area (Å²) in [5.74, 6) is 0. The van der Waals surface area contributed by atoms with E-state index >= 15 is 0 Å². The fraction of sp³-hybridized carbons (Fsp3) is 0.684. The fourth-order valence-electron chi connectivity index (χ4n) is 2.49. The quantitative estimate of drug-likeness (QED) is 0.539. The highest BCUT2D eigenvalue weighted by molar-refractivity contribution is 5.23. The van der Waals surface area contributed by atoms with Crippen molar-refractivity contribution in [1.29, 1.82) is 0 Å². The van der Waals surface area contributed by atoms with Gasteiger partial charge in [0.2, 0.25) is 0 Å². The summed E-state index contributed by atoms with van der Waals surface area (Å²) < 4.78 is 36.1. The van der Waals surface area contributed by atoms with E-state index < -0.39 is 12.6 Å². The molecule has 0 saturated heterocycles. The van der Waals surface area contributed by atoms with Crippen LogP contribution in [0, 0.1) is 0 Å². The maximum absolute atomic E-state index is 12.0. The Bertz CT molecular complexity index is 435. The first-order chi connectivity index (χ1) is 10.7. The molecule has 0 saturated carbocycles. The van der Waals surface area contributed by atoms with Gasteiger partial charge in [-0.3, -0.25) is 0 Å². The van der Waals surface area contributed by atoms with E-state index in [2.05, 4.69) is 38.1 Å². The average Bonchev–Trinajstić information content (AvgIpc) is 2.49. The van der Waals surface area contributed by atoms with Crippen molar-refractivity contribution in [1.82, 2.24) is 0 Å². The molecule has 0 heterocycles. The van der Waals surface area contributed by atoms with E-state index in [1.807, 2.05) is 0 Å². The number of nitrogens with two attached hydrogens (primary N) is 1. The molecule has 1 atom stereocenters. The van der Waals surface area contributed by atoms with Crippen molar-refractivity contribution in [2.75, 3.05) is 0 Å². The molecular formula is C19H30F3N.